The summed E-state index contributed by atoms with van der Waals surface area (Å²) in [5.74, 6) is 0.957. The molecule has 30 heavy (non-hydrogen) atoms. The first-order valence-corrected chi connectivity index (χ1v) is 10.8. The average molecular weight is 413 g/mol. The third kappa shape index (κ3) is 4.09. The number of hydrogen-bond acceptors (Lipinski definition) is 5. The number of likely N-dealkylation sites (tertiary alicyclic amines) is 1. The van der Waals surface area contributed by atoms with Crippen LogP contribution in [-0.4, -0.2) is 63.4 Å². The van der Waals surface area contributed by atoms with E-state index in [9.17, 15) is 9.90 Å². The van der Waals surface area contributed by atoms with E-state index < -0.39 is 5.60 Å². The van der Waals surface area contributed by atoms with Gasteiger partial charge in [-0.05, 0) is 36.5 Å². The van der Waals surface area contributed by atoms with E-state index >= 15 is 0 Å². The predicted molar refractivity (Wildman–Crippen MR) is 114 cm³/mol. The number of fused-ring (bicyclic) bond motifs is 1. The van der Waals surface area contributed by atoms with Crippen LogP contribution in [0, 0.1) is 0 Å². The van der Waals surface area contributed by atoms with E-state index in [1.165, 1.54) is 11.3 Å². The van der Waals surface area contributed by atoms with Gasteiger partial charge in [0.15, 0.2) is 5.60 Å². The molecule has 162 valence electrons. The van der Waals surface area contributed by atoms with E-state index in [0.29, 0.717) is 32.0 Å². The van der Waals surface area contributed by atoms with Crippen LogP contribution in [0.5, 0.6) is 5.75 Å². The standard InChI is InChI=1S/C23H32N4O3/c1-16(2)21-19-14-26(11-8-20(19)24-25-21)15-23(29)9-5-10-27(22(23)28)13-17-6-4-7-18(12-17)30-3/h4,6-7,12,16,29H,5,8-11,13-15H2,1-3H3,(H,24,25)/t23-/m0/s1. The largest absolute Gasteiger partial charge is 0.497 e. The number of benzene rings is 1. The number of H-pyrrole nitrogens is 1. The normalized spacial score (nSPS) is 22.4. The van der Waals surface area contributed by atoms with Gasteiger partial charge in [0.2, 0.25) is 0 Å². The Morgan fingerprint density at radius 2 is 2.17 bits per heavy atom. The van der Waals surface area contributed by atoms with Gasteiger partial charge in [0.25, 0.3) is 5.91 Å². The highest BCUT2D eigenvalue weighted by molar-refractivity contribution is 5.86. The highest BCUT2D eigenvalue weighted by Crippen LogP contribution is 2.30. The van der Waals surface area contributed by atoms with Crippen molar-refractivity contribution in [2.75, 3.05) is 26.7 Å². The van der Waals surface area contributed by atoms with E-state index in [1.54, 1.807) is 12.0 Å². The Balaban J connectivity index is 1.45. The number of rotatable bonds is 6. The first kappa shape index (κ1) is 20.9. The van der Waals surface area contributed by atoms with Gasteiger partial charge in [0.05, 0.1) is 12.8 Å². The monoisotopic (exact) mass is 412 g/mol. The van der Waals surface area contributed by atoms with Crippen LogP contribution < -0.4 is 4.74 Å². The molecule has 4 rings (SSSR count). The van der Waals surface area contributed by atoms with Crippen molar-refractivity contribution in [3.63, 3.8) is 0 Å². The number of methoxy groups -OCH3 is 1. The molecule has 3 heterocycles. The first-order chi connectivity index (χ1) is 14.4. The first-order valence-electron chi connectivity index (χ1n) is 10.8. The summed E-state index contributed by atoms with van der Waals surface area (Å²) in [5, 5.41) is 19.0. The van der Waals surface area contributed by atoms with Crippen LogP contribution in [0.15, 0.2) is 24.3 Å². The van der Waals surface area contributed by atoms with Crippen molar-refractivity contribution in [3.05, 3.63) is 46.8 Å². The molecule has 1 saturated heterocycles. The molecular weight excluding hydrogens is 380 g/mol. The number of ether oxygens (including phenoxy) is 1. The molecule has 1 fully saturated rings. The number of nitrogens with one attached hydrogen (secondary N) is 1. The molecule has 1 aromatic carbocycles. The Morgan fingerprint density at radius 1 is 1.33 bits per heavy atom. The average Bonchev–Trinajstić information content (AvgIpc) is 3.15. The molecule has 2 aliphatic heterocycles. The summed E-state index contributed by atoms with van der Waals surface area (Å²) >= 11 is 0. The molecule has 1 atom stereocenters. The fourth-order valence-corrected chi connectivity index (χ4v) is 4.71. The van der Waals surface area contributed by atoms with Crippen LogP contribution in [0.2, 0.25) is 0 Å². The second-order valence-electron chi connectivity index (χ2n) is 8.89. The van der Waals surface area contributed by atoms with Crippen molar-refractivity contribution in [1.29, 1.82) is 0 Å². The van der Waals surface area contributed by atoms with Crippen molar-refractivity contribution < 1.29 is 14.6 Å². The summed E-state index contributed by atoms with van der Waals surface area (Å²) in [4.78, 5) is 17.2. The maximum Gasteiger partial charge on any atom is 0.256 e. The van der Waals surface area contributed by atoms with Crippen LogP contribution in [0.4, 0.5) is 0 Å². The quantitative estimate of drug-likeness (QED) is 0.762. The summed E-state index contributed by atoms with van der Waals surface area (Å²) in [6, 6.07) is 7.75. The lowest BCUT2D eigenvalue weighted by molar-refractivity contribution is -0.160. The van der Waals surface area contributed by atoms with Crippen LogP contribution >= 0.6 is 0 Å². The van der Waals surface area contributed by atoms with Crippen LogP contribution in [0.3, 0.4) is 0 Å². The number of nitrogens with zero attached hydrogens (tertiary/aromatic N) is 3. The number of aromatic nitrogens is 2. The number of hydrogen-bond donors (Lipinski definition) is 2. The SMILES string of the molecule is COc1cccc(CN2CCC[C@](O)(CN3CCc4[nH]nc(C(C)C)c4C3)C2=O)c1. The number of aliphatic hydroxyl groups is 1. The lowest BCUT2D eigenvalue weighted by Gasteiger charge is -2.41. The minimum atomic E-state index is -1.34. The fraction of sp³-hybridized carbons (Fsp3) is 0.565. The third-order valence-corrected chi connectivity index (χ3v) is 6.29. The molecule has 0 aliphatic carbocycles. The minimum Gasteiger partial charge on any atom is -0.497 e. The molecule has 2 aromatic rings. The van der Waals surface area contributed by atoms with Gasteiger partial charge in [-0.3, -0.25) is 14.8 Å². The van der Waals surface area contributed by atoms with E-state index in [0.717, 1.165) is 42.9 Å². The van der Waals surface area contributed by atoms with E-state index in [-0.39, 0.29) is 5.91 Å². The van der Waals surface area contributed by atoms with Gasteiger partial charge < -0.3 is 14.7 Å². The molecule has 1 amide bonds. The third-order valence-electron chi connectivity index (χ3n) is 6.29. The molecule has 7 heteroatoms. The Morgan fingerprint density at radius 3 is 2.93 bits per heavy atom. The topological polar surface area (TPSA) is 81.7 Å². The summed E-state index contributed by atoms with van der Waals surface area (Å²) in [5.41, 5.74) is 3.19. The maximum absolute atomic E-state index is 13.3. The second-order valence-corrected chi connectivity index (χ2v) is 8.89. The Kier molecular flexibility index (Phi) is 5.84. The molecule has 1 aromatic heterocycles. The van der Waals surface area contributed by atoms with Gasteiger partial charge in [-0.1, -0.05) is 26.0 Å². The number of carbonyl (C=O) groups is 1. The molecule has 7 nitrogen and oxygen atoms in total. The van der Waals surface area contributed by atoms with Gasteiger partial charge in [0, 0.05) is 50.4 Å². The fourth-order valence-electron chi connectivity index (χ4n) is 4.71. The van der Waals surface area contributed by atoms with Crippen molar-refractivity contribution in [3.8, 4) is 5.75 Å². The number of aromatic amines is 1. The maximum atomic E-state index is 13.3. The zero-order valence-electron chi connectivity index (χ0n) is 18.1. The number of piperidine rings is 1. The molecule has 0 unspecified atom stereocenters. The Bertz CT molecular complexity index is 910. The second kappa shape index (κ2) is 8.40. The van der Waals surface area contributed by atoms with Crippen LogP contribution in [-0.2, 0) is 24.3 Å². The zero-order valence-corrected chi connectivity index (χ0v) is 18.1. The summed E-state index contributed by atoms with van der Waals surface area (Å²) in [6.07, 6.45) is 2.17. The van der Waals surface area contributed by atoms with Crippen molar-refractivity contribution >= 4 is 5.91 Å². The number of β-amino-alcohol motifs (C(OH)–C–C–N with tert-alkyl or cyclic N) is 1. The molecule has 2 N–H and O–H groups in total. The van der Waals surface area contributed by atoms with E-state index in [1.807, 2.05) is 24.3 Å². The van der Waals surface area contributed by atoms with Gasteiger partial charge in [0.1, 0.15) is 5.75 Å². The lowest BCUT2D eigenvalue weighted by atomic mass is 9.89. The van der Waals surface area contributed by atoms with Crippen molar-refractivity contribution in [2.45, 2.75) is 57.7 Å². The van der Waals surface area contributed by atoms with Gasteiger partial charge >= 0.3 is 0 Å². The molecule has 0 bridgehead atoms. The van der Waals surface area contributed by atoms with Gasteiger partial charge in [-0.2, -0.15) is 5.10 Å². The zero-order chi connectivity index (χ0) is 21.3. The van der Waals surface area contributed by atoms with E-state index in [2.05, 4.69) is 28.9 Å². The number of carbonyl (C=O) groups excluding carboxylic acids is 1. The Hall–Kier alpha value is -2.38. The molecule has 2 aliphatic rings. The Labute approximate surface area is 178 Å². The van der Waals surface area contributed by atoms with Gasteiger partial charge in [-0.15, -0.1) is 0 Å². The molecule has 0 spiro atoms. The molecule has 0 saturated carbocycles. The number of amides is 1. The van der Waals surface area contributed by atoms with Crippen LogP contribution in [0.1, 0.15) is 55.1 Å². The molecule has 0 radical (unpaired) electrons. The van der Waals surface area contributed by atoms with Crippen molar-refractivity contribution in [2.24, 2.45) is 0 Å². The summed E-state index contributed by atoms with van der Waals surface area (Å²) < 4.78 is 5.29. The molecular formula is C23H32N4O3. The highest BCUT2D eigenvalue weighted by atomic mass is 16.5. The predicted octanol–water partition coefficient (Wildman–Crippen LogP) is 2.45. The van der Waals surface area contributed by atoms with Crippen molar-refractivity contribution in [1.82, 2.24) is 20.0 Å². The lowest BCUT2D eigenvalue weighted by Crippen LogP contribution is -2.58. The van der Waals surface area contributed by atoms with Crippen LogP contribution in [0.25, 0.3) is 0 Å². The highest BCUT2D eigenvalue weighted by Gasteiger charge is 2.44. The summed E-state index contributed by atoms with van der Waals surface area (Å²) in [7, 11) is 1.64. The minimum absolute atomic E-state index is 0.168. The van der Waals surface area contributed by atoms with Gasteiger partial charge in [-0.25, -0.2) is 0 Å². The summed E-state index contributed by atoms with van der Waals surface area (Å²) in [6.45, 7) is 7.35. The smallest absolute Gasteiger partial charge is 0.256 e. The van der Waals surface area contributed by atoms with E-state index in [4.69, 9.17) is 4.74 Å².